The average molecular weight is 456 g/mol. The predicted molar refractivity (Wildman–Crippen MR) is 104 cm³/mol. The van der Waals surface area contributed by atoms with E-state index in [0.717, 1.165) is 12.1 Å². The molecule has 2 aromatic rings. The summed E-state index contributed by atoms with van der Waals surface area (Å²) in [4.78, 5) is 14.7. The molecule has 0 bridgehead atoms. The lowest BCUT2D eigenvalue weighted by Gasteiger charge is -2.31. The molecule has 3 heterocycles. The topological polar surface area (TPSA) is 124 Å². The molecule has 0 unspecified atom stereocenters. The van der Waals surface area contributed by atoms with Crippen LogP contribution in [0.15, 0.2) is 35.2 Å². The van der Waals surface area contributed by atoms with E-state index in [2.05, 4.69) is 19.8 Å². The van der Waals surface area contributed by atoms with E-state index >= 15 is 0 Å². The Balaban J connectivity index is 1.45. The van der Waals surface area contributed by atoms with E-state index < -0.39 is 21.2 Å². The summed E-state index contributed by atoms with van der Waals surface area (Å²) in [6, 6.07) is 6.02. The van der Waals surface area contributed by atoms with Crippen molar-refractivity contribution in [2.75, 3.05) is 18.4 Å². The Bertz CT molecular complexity index is 1140. The number of alkyl halides is 2. The van der Waals surface area contributed by atoms with Gasteiger partial charge in [-0.05, 0) is 38.0 Å². The molecule has 1 aromatic carbocycles. The number of pyridine rings is 1. The Hall–Kier alpha value is -3.06. The fourth-order valence-corrected chi connectivity index (χ4v) is 4.96. The summed E-state index contributed by atoms with van der Waals surface area (Å²) in [5.41, 5.74) is 0.458. The van der Waals surface area contributed by atoms with Crippen molar-refractivity contribution in [2.45, 2.75) is 37.0 Å². The smallest absolute Gasteiger partial charge is 0.395 e. The third kappa shape index (κ3) is 4.23. The second kappa shape index (κ2) is 7.57. The van der Waals surface area contributed by atoms with Crippen molar-refractivity contribution in [1.82, 2.24) is 9.29 Å². The van der Waals surface area contributed by atoms with Crippen LogP contribution in [0.1, 0.15) is 18.5 Å². The Morgan fingerprint density at radius 3 is 2.55 bits per heavy atom. The maximum atomic E-state index is 13.2. The average Bonchev–Trinajstić information content (AvgIpc) is 3.01. The van der Waals surface area contributed by atoms with Gasteiger partial charge in [0, 0.05) is 37.0 Å². The van der Waals surface area contributed by atoms with Gasteiger partial charge in [0.15, 0.2) is 11.5 Å². The fourth-order valence-electron chi connectivity index (χ4n) is 3.48. The molecule has 2 aliphatic rings. The number of nitrogens with zero attached hydrogens (tertiary/aromatic N) is 3. The van der Waals surface area contributed by atoms with Gasteiger partial charge in [-0.3, -0.25) is 10.1 Å². The highest BCUT2D eigenvalue weighted by Crippen LogP contribution is 2.42. The van der Waals surface area contributed by atoms with Crippen molar-refractivity contribution in [3.05, 3.63) is 46.1 Å². The van der Waals surface area contributed by atoms with Crippen LogP contribution in [0, 0.1) is 17.0 Å². The highest BCUT2D eigenvalue weighted by Gasteiger charge is 2.44. The zero-order valence-corrected chi connectivity index (χ0v) is 17.1. The Morgan fingerprint density at radius 1 is 1.19 bits per heavy atom. The number of benzene rings is 1. The molecule has 0 atom stereocenters. The Morgan fingerprint density at radius 2 is 1.87 bits per heavy atom. The molecule has 1 aromatic heterocycles. The molecule has 10 nitrogen and oxygen atoms in total. The predicted octanol–water partition coefficient (Wildman–Crippen LogP) is 2.88. The zero-order valence-electron chi connectivity index (χ0n) is 16.2. The van der Waals surface area contributed by atoms with Gasteiger partial charge in [-0.15, -0.1) is 8.78 Å². The third-order valence-electron chi connectivity index (χ3n) is 5.02. The lowest BCUT2D eigenvalue weighted by Crippen LogP contribution is -2.42. The number of fused-ring (bicyclic) bond motifs is 1. The van der Waals surface area contributed by atoms with Gasteiger partial charge in [0.25, 0.3) is 0 Å². The molecule has 13 heteroatoms. The first-order valence-corrected chi connectivity index (χ1v) is 10.8. The van der Waals surface area contributed by atoms with Crippen LogP contribution in [-0.4, -0.2) is 48.1 Å². The number of anilines is 1. The quantitative estimate of drug-likeness (QED) is 0.538. The number of hydrogen-bond acceptors (Lipinski definition) is 8. The summed E-state index contributed by atoms with van der Waals surface area (Å²) in [6.07, 6.45) is -3.07. The minimum absolute atomic E-state index is 0.142. The lowest BCUT2D eigenvalue weighted by atomic mass is 10.1. The maximum Gasteiger partial charge on any atom is 0.586 e. The molecule has 0 spiro atoms. The molecule has 1 fully saturated rings. The summed E-state index contributed by atoms with van der Waals surface area (Å²) in [6.45, 7) is 2.00. The van der Waals surface area contributed by atoms with Gasteiger partial charge >= 0.3 is 12.0 Å². The second-order valence-corrected chi connectivity index (χ2v) is 9.11. The SMILES string of the molecule is Cc1ccc([N+](=O)[O-])c(NC2CCN(S(=O)(=O)c3ccc4c(c3)OC(F)(F)O4)CC2)n1. The van der Waals surface area contributed by atoms with Gasteiger partial charge in [-0.25, -0.2) is 13.4 Å². The van der Waals surface area contributed by atoms with E-state index in [-0.39, 0.29) is 47.0 Å². The molecular formula is C18H18F2N4O6S. The highest BCUT2D eigenvalue weighted by molar-refractivity contribution is 7.89. The highest BCUT2D eigenvalue weighted by atomic mass is 32.2. The number of halogens is 2. The van der Waals surface area contributed by atoms with E-state index in [9.17, 15) is 27.3 Å². The first kappa shape index (κ1) is 21.2. The van der Waals surface area contributed by atoms with Crippen LogP contribution >= 0.6 is 0 Å². The van der Waals surface area contributed by atoms with Crippen LogP contribution in [0.4, 0.5) is 20.3 Å². The van der Waals surface area contributed by atoms with E-state index in [1.165, 1.54) is 16.4 Å². The van der Waals surface area contributed by atoms with Gasteiger partial charge in [0.1, 0.15) is 0 Å². The molecule has 1 N–H and O–H groups in total. The number of ether oxygens (including phenoxy) is 2. The largest absolute Gasteiger partial charge is 0.586 e. The van der Waals surface area contributed by atoms with Gasteiger partial charge in [-0.2, -0.15) is 4.31 Å². The van der Waals surface area contributed by atoms with Crippen molar-refractivity contribution >= 4 is 21.5 Å². The lowest BCUT2D eigenvalue weighted by molar-refractivity contribution is -0.384. The molecule has 0 radical (unpaired) electrons. The van der Waals surface area contributed by atoms with Gasteiger partial charge in [-0.1, -0.05) is 0 Å². The molecule has 1 saturated heterocycles. The third-order valence-corrected chi connectivity index (χ3v) is 6.91. The number of sulfonamides is 1. The minimum Gasteiger partial charge on any atom is -0.395 e. The number of aryl methyl sites for hydroxylation is 1. The van der Waals surface area contributed by atoms with Crippen molar-refractivity contribution in [1.29, 1.82) is 0 Å². The van der Waals surface area contributed by atoms with Crippen molar-refractivity contribution in [2.24, 2.45) is 0 Å². The van der Waals surface area contributed by atoms with Crippen molar-refractivity contribution in [3.63, 3.8) is 0 Å². The first-order chi connectivity index (χ1) is 14.5. The summed E-state index contributed by atoms with van der Waals surface area (Å²) in [5, 5.41) is 14.2. The van der Waals surface area contributed by atoms with Gasteiger partial charge in [0.2, 0.25) is 15.8 Å². The van der Waals surface area contributed by atoms with Gasteiger partial charge < -0.3 is 14.8 Å². The van der Waals surface area contributed by atoms with Crippen LogP contribution in [0.2, 0.25) is 0 Å². The summed E-state index contributed by atoms with van der Waals surface area (Å²) >= 11 is 0. The monoisotopic (exact) mass is 456 g/mol. The number of nitrogens with one attached hydrogen (secondary N) is 1. The number of hydrogen-bond donors (Lipinski definition) is 1. The first-order valence-electron chi connectivity index (χ1n) is 9.34. The number of rotatable bonds is 5. The molecule has 4 rings (SSSR count). The van der Waals surface area contributed by atoms with Crippen molar-refractivity contribution < 1.29 is 31.6 Å². The number of nitro groups is 1. The molecule has 166 valence electrons. The normalized spacial score (nSPS) is 18.7. The minimum atomic E-state index is -3.94. The fraction of sp³-hybridized carbons (Fsp3) is 0.389. The maximum absolute atomic E-state index is 13.2. The van der Waals surface area contributed by atoms with Crippen LogP contribution in [0.5, 0.6) is 11.5 Å². The summed E-state index contributed by atoms with van der Waals surface area (Å²) < 4.78 is 62.1. The van der Waals surface area contributed by atoms with Crippen LogP contribution in [0.3, 0.4) is 0 Å². The Kier molecular flexibility index (Phi) is 5.17. The van der Waals surface area contributed by atoms with Crippen LogP contribution < -0.4 is 14.8 Å². The van der Waals surface area contributed by atoms with E-state index in [1.807, 2.05) is 0 Å². The van der Waals surface area contributed by atoms with E-state index in [0.29, 0.717) is 18.5 Å². The molecule has 2 aliphatic heterocycles. The number of piperidine rings is 1. The molecular weight excluding hydrogens is 438 g/mol. The molecule has 31 heavy (non-hydrogen) atoms. The standard InChI is InChI=1S/C18H18F2N4O6S/c1-11-2-4-14(24(25)26)17(21-11)22-12-6-8-23(9-7-12)31(27,28)13-3-5-15-16(10-13)30-18(19,20)29-15/h2-5,10,12H,6-9H2,1H3,(H,21,22). The molecule has 0 saturated carbocycles. The molecule has 0 amide bonds. The van der Waals surface area contributed by atoms with Crippen LogP contribution in [0.25, 0.3) is 0 Å². The Labute approximate surface area is 176 Å². The molecule has 0 aliphatic carbocycles. The second-order valence-electron chi connectivity index (χ2n) is 7.18. The zero-order chi connectivity index (χ0) is 22.4. The number of aromatic nitrogens is 1. The van der Waals surface area contributed by atoms with E-state index in [4.69, 9.17) is 0 Å². The van der Waals surface area contributed by atoms with E-state index in [1.54, 1.807) is 13.0 Å². The summed E-state index contributed by atoms with van der Waals surface area (Å²) in [7, 11) is -3.94. The van der Waals surface area contributed by atoms with Gasteiger partial charge in [0.05, 0.1) is 9.82 Å². The summed E-state index contributed by atoms with van der Waals surface area (Å²) in [5.74, 6) is -0.442. The van der Waals surface area contributed by atoms with Crippen molar-refractivity contribution in [3.8, 4) is 11.5 Å². The van der Waals surface area contributed by atoms with Crippen LogP contribution in [-0.2, 0) is 10.0 Å².